The van der Waals surface area contributed by atoms with E-state index in [-0.39, 0.29) is 11.6 Å². The summed E-state index contributed by atoms with van der Waals surface area (Å²) in [4.78, 5) is 22.6. The van der Waals surface area contributed by atoms with Crippen molar-refractivity contribution in [2.24, 2.45) is 0 Å². The molecule has 0 aromatic heterocycles. The number of rotatable bonds is 5. The van der Waals surface area contributed by atoms with Gasteiger partial charge in [0.15, 0.2) is 0 Å². The van der Waals surface area contributed by atoms with E-state index in [1.54, 1.807) is 0 Å². The van der Waals surface area contributed by atoms with Gasteiger partial charge in [-0.2, -0.15) is 0 Å². The van der Waals surface area contributed by atoms with Gasteiger partial charge in [0, 0.05) is 17.7 Å². The lowest BCUT2D eigenvalue weighted by Crippen LogP contribution is -2.43. The molecule has 5 heteroatoms. The first-order chi connectivity index (χ1) is 10.5. The van der Waals surface area contributed by atoms with E-state index in [2.05, 4.69) is 5.32 Å². The second kappa shape index (κ2) is 6.39. The van der Waals surface area contributed by atoms with Crippen LogP contribution in [-0.4, -0.2) is 10.8 Å². The van der Waals surface area contributed by atoms with Crippen LogP contribution in [0.25, 0.3) is 0 Å². The third kappa shape index (κ3) is 3.31. The van der Waals surface area contributed by atoms with E-state index >= 15 is 0 Å². The largest absolute Gasteiger partial charge is 0.343 e. The highest BCUT2D eigenvalue weighted by Crippen LogP contribution is 2.25. The smallest absolute Gasteiger partial charge is 0.269 e. The number of carbonyl (C=O) groups excluding carboxylic acids is 1. The van der Waals surface area contributed by atoms with Crippen molar-refractivity contribution >= 4 is 11.6 Å². The Morgan fingerprint density at radius 3 is 2.23 bits per heavy atom. The Hall–Kier alpha value is -2.69. The third-order valence-electron chi connectivity index (χ3n) is 3.85. The Balaban J connectivity index is 2.21. The summed E-state index contributed by atoms with van der Waals surface area (Å²) < 4.78 is 0. The van der Waals surface area contributed by atoms with Gasteiger partial charge in [0.2, 0.25) is 0 Å². The van der Waals surface area contributed by atoms with Crippen molar-refractivity contribution in [2.75, 3.05) is 0 Å². The number of benzene rings is 2. The first-order valence-electron chi connectivity index (χ1n) is 7.09. The van der Waals surface area contributed by atoms with Crippen LogP contribution in [0.1, 0.15) is 36.2 Å². The van der Waals surface area contributed by atoms with Gasteiger partial charge in [-0.05, 0) is 31.0 Å². The van der Waals surface area contributed by atoms with E-state index in [0.29, 0.717) is 5.56 Å². The summed E-state index contributed by atoms with van der Waals surface area (Å²) in [5.41, 5.74) is 0.909. The fourth-order valence-corrected chi connectivity index (χ4v) is 2.23. The normalized spacial score (nSPS) is 13.2. The zero-order valence-electron chi connectivity index (χ0n) is 12.6. The molecule has 0 aliphatic carbocycles. The molecule has 1 atom stereocenters. The average Bonchev–Trinajstić information content (AvgIpc) is 2.55. The molecule has 0 fully saturated rings. The molecule has 0 heterocycles. The summed E-state index contributed by atoms with van der Waals surface area (Å²) in [7, 11) is 0. The van der Waals surface area contributed by atoms with E-state index in [9.17, 15) is 14.9 Å². The van der Waals surface area contributed by atoms with Crippen LogP contribution in [0.15, 0.2) is 54.6 Å². The van der Waals surface area contributed by atoms with Crippen LogP contribution >= 0.6 is 0 Å². The van der Waals surface area contributed by atoms with Gasteiger partial charge in [0.25, 0.3) is 11.6 Å². The van der Waals surface area contributed by atoms with Crippen LogP contribution in [0.5, 0.6) is 0 Å². The van der Waals surface area contributed by atoms with Crippen LogP contribution in [0.3, 0.4) is 0 Å². The molecule has 0 unspecified atom stereocenters. The predicted octanol–water partition coefficient (Wildman–Crippen LogP) is 3.65. The molecule has 0 aliphatic heterocycles. The lowest BCUT2D eigenvalue weighted by molar-refractivity contribution is -0.384. The Kier molecular flexibility index (Phi) is 4.56. The van der Waals surface area contributed by atoms with E-state index in [4.69, 9.17) is 0 Å². The molecule has 0 saturated carbocycles. The quantitative estimate of drug-likeness (QED) is 0.676. The number of hydrogen-bond acceptors (Lipinski definition) is 3. The van der Waals surface area contributed by atoms with Gasteiger partial charge in [0.1, 0.15) is 0 Å². The summed E-state index contributed by atoms with van der Waals surface area (Å²) >= 11 is 0. The van der Waals surface area contributed by atoms with Gasteiger partial charge < -0.3 is 5.32 Å². The van der Waals surface area contributed by atoms with E-state index < -0.39 is 10.5 Å². The zero-order valence-corrected chi connectivity index (χ0v) is 12.6. The van der Waals surface area contributed by atoms with Crippen molar-refractivity contribution in [3.8, 4) is 0 Å². The Morgan fingerprint density at radius 2 is 1.73 bits per heavy atom. The maximum absolute atomic E-state index is 12.4. The molecular weight excluding hydrogens is 280 g/mol. The fourth-order valence-electron chi connectivity index (χ4n) is 2.23. The summed E-state index contributed by atoms with van der Waals surface area (Å²) in [5, 5.41) is 13.7. The van der Waals surface area contributed by atoms with Gasteiger partial charge in [-0.3, -0.25) is 14.9 Å². The van der Waals surface area contributed by atoms with Gasteiger partial charge in [0.05, 0.1) is 10.5 Å². The third-order valence-corrected chi connectivity index (χ3v) is 3.85. The molecule has 1 amide bonds. The van der Waals surface area contributed by atoms with Gasteiger partial charge in [-0.15, -0.1) is 0 Å². The standard InChI is InChI=1S/C17H18N2O3/c1-3-17(2,14-7-5-4-6-8-14)18-16(20)13-9-11-15(12-10-13)19(21)22/h4-12H,3H2,1-2H3,(H,18,20)/t17-/m0/s1. The molecule has 114 valence electrons. The maximum Gasteiger partial charge on any atom is 0.269 e. The number of nitro groups is 1. The van der Waals surface area contributed by atoms with Crippen molar-refractivity contribution in [1.82, 2.24) is 5.32 Å². The van der Waals surface area contributed by atoms with Crippen LogP contribution in [-0.2, 0) is 5.54 Å². The summed E-state index contributed by atoms with van der Waals surface area (Å²) in [5.74, 6) is -0.247. The minimum Gasteiger partial charge on any atom is -0.343 e. The summed E-state index contributed by atoms with van der Waals surface area (Å²) in [6.07, 6.45) is 0.732. The first kappa shape index (κ1) is 15.7. The minimum atomic E-state index is -0.486. The number of nitrogens with one attached hydrogen (secondary N) is 1. The molecule has 0 radical (unpaired) electrons. The molecule has 22 heavy (non-hydrogen) atoms. The maximum atomic E-state index is 12.4. The summed E-state index contributed by atoms with van der Waals surface area (Å²) in [6, 6.07) is 15.3. The van der Waals surface area contributed by atoms with Crippen LogP contribution in [0.2, 0.25) is 0 Å². The Bertz CT molecular complexity index is 668. The van der Waals surface area contributed by atoms with Crippen molar-refractivity contribution in [3.05, 3.63) is 75.8 Å². The van der Waals surface area contributed by atoms with Crippen LogP contribution in [0, 0.1) is 10.1 Å². The highest BCUT2D eigenvalue weighted by molar-refractivity contribution is 5.95. The molecule has 5 nitrogen and oxygen atoms in total. The molecular formula is C17H18N2O3. The van der Waals surface area contributed by atoms with Crippen molar-refractivity contribution in [3.63, 3.8) is 0 Å². The fraction of sp³-hybridized carbons (Fsp3) is 0.235. The SMILES string of the molecule is CC[C@](C)(NC(=O)c1ccc([N+](=O)[O-])cc1)c1ccccc1. The lowest BCUT2D eigenvalue weighted by atomic mass is 9.89. The number of nitro benzene ring substituents is 1. The molecule has 0 saturated heterocycles. The molecule has 2 rings (SSSR count). The molecule has 0 aliphatic rings. The first-order valence-corrected chi connectivity index (χ1v) is 7.09. The van der Waals surface area contributed by atoms with Gasteiger partial charge >= 0.3 is 0 Å². The Morgan fingerprint density at radius 1 is 1.14 bits per heavy atom. The second-order valence-corrected chi connectivity index (χ2v) is 5.31. The number of carbonyl (C=O) groups is 1. The monoisotopic (exact) mass is 298 g/mol. The van der Waals surface area contributed by atoms with Crippen molar-refractivity contribution in [2.45, 2.75) is 25.8 Å². The number of non-ortho nitro benzene ring substituents is 1. The van der Waals surface area contributed by atoms with Crippen LogP contribution < -0.4 is 5.32 Å². The lowest BCUT2D eigenvalue weighted by Gasteiger charge is -2.30. The van der Waals surface area contributed by atoms with Crippen molar-refractivity contribution < 1.29 is 9.72 Å². The van der Waals surface area contributed by atoms with Gasteiger partial charge in [-0.25, -0.2) is 0 Å². The molecule has 0 bridgehead atoms. The predicted molar refractivity (Wildman–Crippen MR) is 84.6 cm³/mol. The van der Waals surface area contributed by atoms with Crippen molar-refractivity contribution in [1.29, 1.82) is 0 Å². The van der Waals surface area contributed by atoms with E-state index in [0.717, 1.165) is 12.0 Å². The number of hydrogen-bond donors (Lipinski definition) is 1. The Labute approximate surface area is 129 Å². The molecule has 0 spiro atoms. The summed E-state index contributed by atoms with van der Waals surface area (Å²) in [6.45, 7) is 3.97. The van der Waals surface area contributed by atoms with Crippen LogP contribution in [0.4, 0.5) is 5.69 Å². The van der Waals surface area contributed by atoms with E-state index in [1.807, 2.05) is 44.2 Å². The molecule has 1 N–H and O–H groups in total. The second-order valence-electron chi connectivity index (χ2n) is 5.31. The number of amides is 1. The highest BCUT2D eigenvalue weighted by Gasteiger charge is 2.26. The molecule has 2 aromatic carbocycles. The topological polar surface area (TPSA) is 72.2 Å². The van der Waals surface area contributed by atoms with E-state index in [1.165, 1.54) is 24.3 Å². The highest BCUT2D eigenvalue weighted by atomic mass is 16.6. The average molecular weight is 298 g/mol. The zero-order chi connectivity index (χ0) is 16.2. The number of nitrogens with zero attached hydrogens (tertiary/aromatic N) is 1. The van der Waals surface area contributed by atoms with Gasteiger partial charge in [-0.1, -0.05) is 37.3 Å². The molecule has 2 aromatic rings. The minimum absolute atomic E-state index is 0.0298.